The standard InChI is InChI=1S/C16H16ClF3N4O3S/c1-23-6-9(21-22-23)10-5-15(2-3-24(10)14(26)16(18,19)20)13-8(4-12(17)28-13)11(25)7-27-15/h4,6,10-11,25H,2-3,5,7H2,1H3/t10-,11+,15-/m0/s1. The van der Waals surface area contributed by atoms with Crippen LogP contribution in [0.5, 0.6) is 0 Å². The number of likely N-dealkylation sites (tertiary alicyclic amines) is 1. The lowest BCUT2D eigenvalue weighted by Crippen LogP contribution is -2.53. The summed E-state index contributed by atoms with van der Waals surface area (Å²) in [6, 6.07) is 0.682. The highest BCUT2D eigenvalue weighted by Gasteiger charge is 2.53. The second kappa shape index (κ2) is 6.68. The third-order valence-corrected chi connectivity index (χ3v) is 6.61. The number of aliphatic hydroxyl groups excluding tert-OH is 1. The summed E-state index contributed by atoms with van der Waals surface area (Å²) in [5.41, 5.74) is -0.0791. The van der Waals surface area contributed by atoms with E-state index in [1.807, 2.05) is 0 Å². The number of thiophene rings is 1. The number of ether oxygens (including phenoxy) is 1. The average molecular weight is 437 g/mol. The van der Waals surface area contributed by atoms with Crippen molar-refractivity contribution >= 4 is 28.8 Å². The molecule has 4 rings (SSSR count). The van der Waals surface area contributed by atoms with Crippen LogP contribution in [0.4, 0.5) is 13.2 Å². The van der Waals surface area contributed by atoms with Crippen LogP contribution in [0.3, 0.4) is 0 Å². The molecule has 0 aromatic carbocycles. The Morgan fingerprint density at radius 1 is 1.50 bits per heavy atom. The summed E-state index contributed by atoms with van der Waals surface area (Å²) in [6.45, 7) is -0.175. The molecule has 0 saturated carbocycles. The summed E-state index contributed by atoms with van der Waals surface area (Å²) in [6.07, 6.45) is -4.15. The van der Waals surface area contributed by atoms with Gasteiger partial charge in [-0.2, -0.15) is 13.2 Å². The number of carbonyl (C=O) groups excluding carboxylic acids is 1. The van der Waals surface area contributed by atoms with Gasteiger partial charge in [-0.3, -0.25) is 9.48 Å². The van der Waals surface area contributed by atoms with Gasteiger partial charge in [-0.1, -0.05) is 16.8 Å². The third-order valence-electron chi connectivity index (χ3n) is 5.14. The van der Waals surface area contributed by atoms with Crippen molar-refractivity contribution in [3.05, 3.63) is 32.7 Å². The molecule has 1 spiro atoms. The van der Waals surface area contributed by atoms with Crippen molar-refractivity contribution in [3.8, 4) is 0 Å². The van der Waals surface area contributed by atoms with Gasteiger partial charge in [-0.25, -0.2) is 0 Å². The van der Waals surface area contributed by atoms with Gasteiger partial charge in [0.15, 0.2) is 0 Å². The van der Waals surface area contributed by atoms with Crippen molar-refractivity contribution in [1.29, 1.82) is 0 Å². The van der Waals surface area contributed by atoms with Crippen LogP contribution in [-0.4, -0.2) is 50.2 Å². The Kier molecular flexibility index (Phi) is 4.68. The van der Waals surface area contributed by atoms with Gasteiger partial charge in [-0.05, 0) is 12.5 Å². The number of amides is 1. The van der Waals surface area contributed by atoms with Gasteiger partial charge in [0.05, 0.1) is 23.2 Å². The molecule has 0 radical (unpaired) electrons. The van der Waals surface area contributed by atoms with E-state index in [1.54, 1.807) is 13.1 Å². The fourth-order valence-corrected chi connectivity index (χ4v) is 5.35. The lowest BCUT2D eigenvalue weighted by Gasteiger charge is -2.48. The second-order valence-electron chi connectivity index (χ2n) is 6.94. The third kappa shape index (κ3) is 3.19. The number of fused-ring (bicyclic) bond motifs is 2. The van der Waals surface area contributed by atoms with E-state index in [4.69, 9.17) is 16.3 Å². The van der Waals surface area contributed by atoms with Crippen molar-refractivity contribution in [2.24, 2.45) is 7.05 Å². The fourth-order valence-electron chi connectivity index (χ4n) is 3.88. The molecule has 1 amide bonds. The zero-order chi connectivity index (χ0) is 20.3. The zero-order valence-electron chi connectivity index (χ0n) is 14.6. The van der Waals surface area contributed by atoms with E-state index in [9.17, 15) is 23.1 Å². The Morgan fingerprint density at radius 3 is 2.89 bits per heavy atom. The first-order chi connectivity index (χ1) is 13.1. The van der Waals surface area contributed by atoms with Gasteiger partial charge in [0.1, 0.15) is 17.4 Å². The second-order valence-corrected chi connectivity index (χ2v) is 8.62. The Balaban J connectivity index is 1.75. The SMILES string of the molecule is Cn1cc([C@@H]2C[C@]3(CCN2C(=O)C(F)(F)F)OC[C@@H](O)c2cc(Cl)sc23)nn1. The highest BCUT2D eigenvalue weighted by Crippen LogP contribution is 2.53. The minimum atomic E-state index is -4.99. The monoisotopic (exact) mass is 436 g/mol. The molecule has 12 heteroatoms. The first-order valence-electron chi connectivity index (χ1n) is 8.46. The number of alkyl halides is 3. The Hall–Kier alpha value is -1.69. The van der Waals surface area contributed by atoms with Gasteiger partial charge >= 0.3 is 12.1 Å². The van der Waals surface area contributed by atoms with Crippen LogP contribution in [0.2, 0.25) is 4.34 Å². The molecule has 2 aromatic heterocycles. The highest BCUT2D eigenvalue weighted by atomic mass is 35.5. The molecule has 1 saturated heterocycles. The molecule has 4 heterocycles. The number of hydrogen-bond acceptors (Lipinski definition) is 6. The molecule has 2 aromatic rings. The number of piperidine rings is 1. The maximum Gasteiger partial charge on any atom is 0.471 e. The number of carbonyl (C=O) groups is 1. The van der Waals surface area contributed by atoms with Crippen molar-refractivity contribution in [3.63, 3.8) is 0 Å². The van der Waals surface area contributed by atoms with Crippen LogP contribution in [0.1, 0.15) is 41.1 Å². The van der Waals surface area contributed by atoms with E-state index in [-0.39, 0.29) is 31.7 Å². The van der Waals surface area contributed by atoms with Gasteiger partial charge in [0, 0.05) is 30.5 Å². The molecule has 2 aliphatic rings. The molecule has 28 heavy (non-hydrogen) atoms. The largest absolute Gasteiger partial charge is 0.471 e. The molecule has 1 fully saturated rings. The van der Waals surface area contributed by atoms with E-state index in [0.29, 0.717) is 14.8 Å². The number of aryl methyl sites for hydroxylation is 1. The predicted molar refractivity (Wildman–Crippen MR) is 92.7 cm³/mol. The van der Waals surface area contributed by atoms with E-state index < -0.39 is 29.8 Å². The molecular weight excluding hydrogens is 421 g/mol. The van der Waals surface area contributed by atoms with Crippen LogP contribution < -0.4 is 0 Å². The van der Waals surface area contributed by atoms with Gasteiger partial charge in [0.25, 0.3) is 0 Å². The van der Waals surface area contributed by atoms with Crippen molar-refractivity contribution in [2.75, 3.05) is 13.2 Å². The fraction of sp³-hybridized carbons (Fsp3) is 0.562. The van der Waals surface area contributed by atoms with Gasteiger partial charge < -0.3 is 14.7 Å². The minimum Gasteiger partial charge on any atom is -0.386 e. The van der Waals surface area contributed by atoms with Crippen molar-refractivity contribution in [2.45, 2.75) is 36.8 Å². The lowest BCUT2D eigenvalue weighted by molar-refractivity contribution is -0.198. The number of halogens is 4. The van der Waals surface area contributed by atoms with E-state index in [1.165, 1.54) is 22.2 Å². The quantitative estimate of drug-likeness (QED) is 0.743. The molecule has 1 N–H and O–H groups in total. The number of aliphatic hydroxyl groups is 1. The minimum absolute atomic E-state index is 0.000464. The van der Waals surface area contributed by atoms with Crippen LogP contribution >= 0.6 is 22.9 Å². The molecule has 7 nitrogen and oxygen atoms in total. The average Bonchev–Trinajstić information content (AvgIpc) is 3.24. The summed E-state index contributed by atoms with van der Waals surface area (Å²) in [7, 11) is 1.59. The molecule has 2 aliphatic heterocycles. The normalized spacial score (nSPS) is 27.9. The molecule has 152 valence electrons. The summed E-state index contributed by atoms with van der Waals surface area (Å²) in [4.78, 5) is 13.5. The summed E-state index contributed by atoms with van der Waals surface area (Å²) in [5, 5.41) is 17.9. The van der Waals surface area contributed by atoms with E-state index in [2.05, 4.69) is 10.3 Å². The van der Waals surface area contributed by atoms with Crippen LogP contribution in [-0.2, 0) is 22.2 Å². The molecule has 0 unspecified atom stereocenters. The maximum absolute atomic E-state index is 13.1. The van der Waals surface area contributed by atoms with Gasteiger partial charge in [-0.15, -0.1) is 16.4 Å². The Labute approximate surface area is 166 Å². The first kappa shape index (κ1) is 19.6. The zero-order valence-corrected chi connectivity index (χ0v) is 16.2. The predicted octanol–water partition coefficient (Wildman–Crippen LogP) is 2.71. The number of hydrogen-bond donors (Lipinski definition) is 1. The van der Waals surface area contributed by atoms with Crippen LogP contribution in [0.25, 0.3) is 0 Å². The molecule has 0 aliphatic carbocycles. The molecule has 0 bridgehead atoms. The van der Waals surface area contributed by atoms with Crippen LogP contribution in [0, 0.1) is 0 Å². The topological polar surface area (TPSA) is 80.5 Å². The maximum atomic E-state index is 13.1. The summed E-state index contributed by atoms with van der Waals surface area (Å²) < 4.78 is 47.2. The number of aromatic nitrogens is 3. The summed E-state index contributed by atoms with van der Waals surface area (Å²) in [5.74, 6) is -1.92. The lowest BCUT2D eigenvalue weighted by atomic mass is 9.80. The smallest absolute Gasteiger partial charge is 0.386 e. The van der Waals surface area contributed by atoms with Gasteiger partial charge in [0.2, 0.25) is 0 Å². The number of nitrogens with zero attached hydrogens (tertiary/aromatic N) is 4. The Morgan fingerprint density at radius 2 is 2.25 bits per heavy atom. The van der Waals surface area contributed by atoms with Crippen LogP contribution in [0.15, 0.2) is 12.3 Å². The molecule has 3 atom stereocenters. The van der Waals surface area contributed by atoms with E-state index in [0.717, 1.165) is 4.90 Å². The van der Waals surface area contributed by atoms with Crippen molar-refractivity contribution in [1.82, 2.24) is 19.9 Å². The first-order valence-corrected chi connectivity index (χ1v) is 9.66. The van der Waals surface area contributed by atoms with E-state index >= 15 is 0 Å². The summed E-state index contributed by atoms with van der Waals surface area (Å²) >= 11 is 7.36. The molecular formula is C16H16ClF3N4O3S. The highest BCUT2D eigenvalue weighted by molar-refractivity contribution is 7.16. The van der Waals surface area contributed by atoms with Crippen molar-refractivity contribution < 1.29 is 27.8 Å². The Bertz CT molecular complexity index is 917. The number of rotatable bonds is 1.